The van der Waals surface area contributed by atoms with E-state index in [0.717, 1.165) is 63.8 Å². The molecule has 1 aliphatic rings. The summed E-state index contributed by atoms with van der Waals surface area (Å²) in [5.41, 5.74) is 5.44. The van der Waals surface area contributed by atoms with Crippen LogP contribution in [0, 0.1) is 18.3 Å². The highest BCUT2D eigenvalue weighted by molar-refractivity contribution is 6.02. The lowest BCUT2D eigenvalue weighted by atomic mass is 9.95. The van der Waals surface area contributed by atoms with Gasteiger partial charge in [-0.1, -0.05) is 18.2 Å². The Labute approximate surface area is 209 Å². The number of hydrogen-bond donors (Lipinski definition) is 0. The molecule has 0 saturated carbocycles. The summed E-state index contributed by atoms with van der Waals surface area (Å²) in [6.07, 6.45) is 8.35. The van der Waals surface area contributed by atoms with Crippen LogP contribution in [0.25, 0.3) is 49.0 Å². The number of hydrogen-bond acceptors (Lipinski definition) is 3. The van der Waals surface area contributed by atoms with Crippen molar-refractivity contribution < 1.29 is 4.39 Å². The van der Waals surface area contributed by atoms with Crippen molar-refractivity contribution in [3.63, 3.8) is 0 Å². The fourth-order valence-electron chi connectivity index (χ4n) is 5.59. The van der Waals surface area contributed by atoms with Gasteiger partial charge in [0.25, 0.3) is 0 Å². The number of nitrogens with zero attached hydrogens (tertiary/aromatic N) is 6. The molecule has 6 rings (SSSR count). The molecule has 36 heavy (non-hydrogen) atoms. The van der Waals surface area contributed by atoms with Gasteiger partial charge in [-0.2, -0.15) is 5.10 Å². The van der Waals surface area contributed by atoms with Crippen molar-refractivity contribution in [3.8, 4) is 22.4 Å². The Hall–Kier alpha value is -4.02. The molecule has 1 atom stereocenters. The summed E-state index contributed by atoms with van der Waals surface area (Å²) in [5.74, 6) is 0.0729. The Kier molecular flexibility index (Phi) is 5.54. The molecule has 1 fully saturated rings. The molecule has 3 aromatic heterocycles. The first-order chi connectivity index (χ1) is 17.5. The summed E-state index contributed by atoms with van der Waals surface area (Å²) in [5, 5.41) is 6.42. The molecule has 0 N–H and O–H groups in total. The van der Waals surface area contributed by atoms with E-state index in [4.69, 9.17) is 11.6 Å². The van der Waals surface area contributed by atoms with Crippen molar-refractivity contribution in [1.82, 2.24) is 24.2 Å². The van der Waals surface area contributed by atoms with E-state index in [1.54, 1.807) is 6.07 Å². The topological polar surface area (TPSA) is 43.2 Å². The number of piperidine rings is 1. The fourth-order valence-corrected chi connectivity index (χ4v) is 5.59. The molecule has 0 bridgehead atoms. The molecule has 5 aromatic rings. The van der Waals surface area contributed by atoms with Crippen molar-refractivity contribution in [2.45, 2.75) is 19.4 Å². The molecule has 0 amide bonds. The summed E-state index contributed by atoms with van der Waals surface area (Å²) < 4.78 is 18.9. The predicted octanol–water partition coefficient (Wildman–Crippen LogP) is 6.29. The summed E-state index contributed by atoms with van der Waals surface area (Å²) in [7, 11) is 4.11. The van der Waals surface area contributed by atoms with Crippen LogP contribution in [-0.4, -0.2) is 44.4 Å². The van der Waals surface area contributed by atoms with Crippen molar-refractivity contribution in [1.29, 1.82) is 0 Å². The lowest BCUT2D eigenvalue weighted by Gasteiger charge is -2.30. The Bertz CT molecular complexity index is 1640. The standard InChI is InChI=1S/C29H27FN6/c1-31-25-8-6-20(14-24(25)30)28-23-10-12-36(18-19-5-4-11-34(2)17-19)27(23)16-32-29(28)21-7-9-26-22(13-21)15-33-35(26)3/h6-10,12-16,19H,4-5,11,17-18H2,2-3H3/t19-/m1/s1. The van der Waals surface area contributed by atoms with E-state index in [2.05, 4.69) is 44.8 Å². The van der Waals surface area contributed by atoms with Crippen LogP contribution in [0.4, 0.5) is 10.1 Å². The number of aromatic nitrogens is 4. The maximum atomic E-state index is 14.8. The number of rotatable bonds is 4. The van der Waals surface area contributed by atoms with Gasteiger partial charge in [-0.05, 0) is 62.2 Å². The predicted molar refractivity (Wildman–Crippen MR) is 141 cm³/mol. The zero-order chi connectivity index (χ0) is 24.8. The third-order valence-corrected chi connectivity index (χ3v) is 7.38. The van der Waals surface area contributed by atoms with Gasteiger partial charge in [0.05, 0.1) is 35.7 Å². The molecular formula is C29H27FN6. The second-order valence-electron chi connectivity index (χ2n) is 9.84. The van der Waals surface area contributed by atoms with Gasteiger partial charge in [0.2, 0.25) is 5.69 Å². The first kappa shape index (κ1) is 22.4. The minimum Gasteiger partial charge on any atom is -0.346 e. The average Bonchev–Trinajstić information content (AvgIpc) is 3.46. The van der Waals surface area contributed by atoms with Gasteiger partial charge in [0.1, 0.15) is 5.82 Å². The van der Waals surface area contributed by atoms with Gasteiger partial charge in [0, 0.05) is 48.2 Å². The van der Waals surface area contributed by atoms with Gasteiger partial charge in [-0.15, -0.1) is 0 Å². The zero-order valence-corrected chi connectivity index (χ0v) is 20.4. The molecule has 0 unspecified atom stereocenters. The van der Waals surface area contributed by atoms with Crippen molar-refractivity contribution >= 4 is 27.5 Å². The first-order valence-electron chi connectivity index (χ1n) is 12.3. The van der Waals surface area contributed by atoms with E-state index in [1.807, 2.05) is 42.3 Å². The lowest BCUT2D eigenvalue weighted by molar-refractivity contribution is 0.195. The Morgan fingerprint density at radius 2 is 1.92 bits per heavy atom. The van der Waals surface area contributed by atoms with Gasteiger partial charge < -0.3 is 9.47 Å². The quantitative estimate of drug-likeness (QED) is 0.285. The largest absolute Gasteiger partial charge is 0.346 e. The highest BCUT2D eigenvalue weighted by Crippen LogP contribution is 2.39. The molecule has 180 valence electrons. The number of halogens is 1. The molecule has 1 saturated heterocycles. The Morgan fingerprint density at radius 3 is 2.72 bits per heavy atom. The smallest absolute Gasteiger partial charge is 0.222 e. The fraction of sp³-hybridized carbons (Fsp3) is 0.276. The second kappa shape index (κ2) is 8.89. The Balaban J connectivity index is 1.52. The van der Waals surface area contributed by atoms with E-state index >= 15 is 0 Å². The third kappa shape index (κ3) is 3.84. The summed E-state index contributed by atoms with van der Waals surface area (Å²) in [4.78, 5) is 10.6. The van der Waals surface area contributed by atoms with Crippen molar-refractivity contribution in [2.75, 3.05) is 20.1 Å². The third-order valence-electron chi connectivity index (χ3n) is 7.38. The van der Waals surface area contributed by atoms with Gasteiger partial charge in [-0.3, -0.25) is 9.67 Å². The number of benzene rings is 2. The van der Waals surface area contributed by atoms with Crippen LogP contribution in [-0.2, 0) is 13.6 Å². The number of fused-ring (bicyclic) bond motifs is 2. The number of pyridine rings is 1. The Morgan fingerprint density at radius 1 is 1.06 bits per heavy atom. The van der Waals surface area contributed by atoms with E-state index in [-0.39, 0.29) is 5.69 Å². The molecule has 1 aliphatic heterocycles. The molecular weight excluding hydrogens is 451 g/mol. The molecule has 0 aliphatic carbocycles. The molecule has 2 aromatic carbocycles. The van der Waals surface area contributed by atoms with Crippen LogP contribution in [0.5, 0.6) is 0 Å². The number of aryl methyl sites for hydroxylation is 1. The second-order valence-corrected chi connectivity index (χ2v) is 9.84. The maximum Gasteiger partial charge on any atom is 0.222 e. The van der Waals surface area contributed by atoms with E-state index in [9.17, 15) is 4.39 Å². The van der Waals surface area contributed by atoms with Crippen LogP contribution in [0.3, 0.4) is 0 Å². The zero-order valence-electron chi connectivity index (χ0n) is 20.4. The van der Waals surface area contributed by atoms with Crippen LogP contribution in [0.15, 0.2) is 61.1 Å². The SMILES string of the molecule is [C-]#[N+]c1ccc(-c2c(-c3ccc4c(cnn4C)c3)ncc3c2ccn3C[C@@H]2CCCN(C)C2)cc1F. The summed E-state index contributed by atoms with van der Waals surface area (Å²) >= 11 is 0. The number of likely N-dealkylation sites (tertiary alicyclic amines) is 1. The van der Waals surface area contributed by atoms with Gasteiger partial charge >= 0.3 is 0 Å². The van der Waals surface area contributed by atoms with Crippen molar-refractivity contribution in [3.05, 3.63) is 78.3 Å². The normalized spacial score (nSPS) is 16.6. The minimum atomic E-state index is -0.516. The lowest BCUT2D eigenvalue weighted by Crippen LogP contribution is -2.33. The van der Waals surface area contributed by atoms with Gasteiger partial charge in [0.15, 0.2) is 0 Å². The molecule has 7 heteroatoms. The van der Waals surface area contributed by atoms with Crippen LogP contribution in [0.2, 0.25) is 0 Å². The van der Waals surface area contributed by atoms with Crippen LogP contribution >= 0.6 is 0 Å². The molecule has 0 spiro atoms. The van der Waals surface area contributed by atoms with E-state index < -0.39 is 5.82 Å². The minimum absolute atomic E-state index is 0.0243. The summed E-state index contributed by atoms with van der Waals surface area (Å²) in [6.45, 7) is 10.4. The molecule has 4 heterocycles. The van der Waals surface area contributed by atoms with E-state index in [1.165, 1.54) is 18.9 Å². The highest BCUT2D eigenvalue weighted by Gasteiger charge is 2.21. The first-order valence-corrected chi connectivity index (χ1v) is 12.3. The van der Waals surface area contributed by atoms with E-state index in [0.29, 0.717) is 5.92 Å². The summed E-state index contributed by atoms with van der Waals surface area (Å²) in [6, 6.07) is 13.1. The molecule has 6 nitrogen and oxygen atoms in total. The van der Waals surface area contributed by atoms with Crippen LogP contribution in [0.1, 0.15) is 12.8 Å². The molecule has 0 radical (unpaired) electrons. The van der Waals surface area contributed by atoms with Gasteiger partial charge in [-0.25, -0.2) is 9.24 Å². The average molecular weight is 479 g/mol. The monoisotopic (exact) mass is 478 g/mol. The maximum absolute atomic E-state index is 14.8. The highest BCUT2D eigenvalue weighted by atomic mass is 19.1. The van der Waals surface area contributed by atoms with Crippen molar-refractivity contribution in [2.24, 2.45) is 13.0 Å². The van der Waals surface area contributed by atoms with Crippen LogP contribution < -0.4 is 0 Å².